The van der Waals surface area contributed by atoms with Crippen molar-refractivity contribution in [3.05, 3.63) is 44.6 Å². The number of carbonyl (C=O) groups is 1. The van der Waals surface area contributed by atoms with Crippen LogP contribution in [0, 0.1) is 0 Å². The van der Waals surface area contributed by atoms with Crippen molar-refractivity contribution in [3.8, 4) is 5.75 Å². The molecule has 0 atom stereocenters. The summed E-state index contributed by atoms with van der Waals surface area (Å²) in [6, 6.07) is 6.74. The van der Waals surface area contributed by atoms with Crippen LogP contribution < -0.4 is 5.73 Å². The lowest BCUT2D eigenvalue weighted by molar-refractivity contribution is 0.0782. The summed E-state index contributed by atoms with van der Waals surface area (Å²) < 4.78 is 1.02. The van der Waals surface area contributed by atoms with E-state index in [4.69, 9.17) is 5.73 Å². The molecule has 100 valence electrons. The first kappa shape index (κ1) is 13.9. The largest absolute Gasteiger partial charge is 0.505 e. The zero-order valence-corrected chi connectivity index (χ0v) is 12.7. The summed E-state index contributed by atoms with van der Waals surface area (Å²) in [5.41, 5.74) is 7.05. The van der Waals surface area contributed by atoms with E-state index in [0.717, 1.165) is 9.35 Å². The average molecular weight is 341 g/mol. The minimum Gasteiger partial charge on any atom is -0.505 e. The summed E-state index contributed by atoms with van der Waals surface area (Å²) in [5.74, 6) is -0.419. The quantitative estimate of drug-likeness (QED) is 0.666. The lowest BCUT2D eigenvalue weighted by atomic mass is 10.1. The third-order valence-electron chi connectivity index (χ3n) is 2.69. The number of phenolic OH excluding ortho intramolecular Hbond substituents is 1. The summed E-state index contributed by atoms with van der Waals surface area (Å²) >= 11 is 4.95. The van der Waals surface area contributed by atoms with Gasteiger partial charge >= 0.3 is 0 Å². The highest BCUT2D eigenvalue weighted by molar-refractivity contribution is 9.11. The van der Waals surface area contributed by atoms with Gasteiger partial charge < -0.3 is 15.7 Å². The third-order valence-corrected chi connectivity index (χ3v) is 4.24. The summed E-state index contributed by atoms with van der Waals surface area (Å²) in [5, 5.41) is 11.8. The molecule has 0 aliphatic carbocycles. The highest BCUT2D eigenvalue weighted by Crippen LogP contribution is 2.26. The minimum absolute atomic E-state index is 0.161. The molecule has 4 nitrogen and oxygen atoms in total. The van der Waals surface area contributed by atoms with E-state index in [-0.39, 0.29) is 22.9 Å². The number of rotatable bonds is 3. The highest BCUT2D eigenvalue weighted by atomic mass is 79.9. The zero-order chi connectivity index (χ0) is 14.0. The first-order chi connectivity index (χ1) is 8.99. The maximum absolute atomic E-state index is 12.2. The Bertz CT molecular complexity index is 612. The smallest absolute Gasteiger partial charge is 0.257 e. The molecule has 2 rings (SSSR count). The summed E-state index contributed by atoms with van der Waals surface area (Å²) in [6.07, 6.45) is 0. The lowest BCUT2D eigenvalue weighted by Gasteiger charge is -2.17. The second kappa shape index (κ2) is 5.63. The number of nitrogen functional groups attached to an aromatic ring is 1. The van der Waals surface area contributed by atoms with Crippen molar-refractivity contribution in [1.29, 1.82) is 0 Å². The maximum Gasteiger partial charge on any atom is 0.257 e. The highest BCUT2D eigenvalue weighted by Gasteiger charge is 2.17. The minimum atomic E-state index is -0.257. The zero-order valence-electron chi connectivity index (χ0n) is 10.3. The van der Waals surface area contributed by atoms with Crippen LogP contribution in [0.1, 0.15) is 15.9 Å². The summed E-state index contributed by atoms with van der Waals surface area (Å²) in [6.45, 7) is 0.481. The molecule has 0 fully saturated rings. The molecule has 0 saturated carbocycles. The number of phenols is 1. The molecule has 1 heterocycles. The van der Waals surface area contributed by atoms with Crippen LogP contribution in [0.4, 0.5) is 5.69 Å². The molecule has 1 amide bonds. The van der Waals surface area contributed by atoms with Crippen LogP contribution >= 0.6 is 27.3 Å². The molecule has 0 aliphatic rings. The number of nitrogens with zero attached hydrogens (tertiary/aromatic N) is 1. The van der Waals surface area contributed by atoms with Crippen LogP contribution in [0.15, 0.2) is 33.4 Å². The summed E-state index contributed by atoms with van der Waals surface area (Å²) in [7, 11) is 1.69. The van der Waals surface area contributed by atoms with Gasteiger partial charge in [-0.3, -0.25) is 4.79 Å². The molecular formula is C13H13BrN2O2S. The van der Waals surface area contributed by atoms with Crippen LogP contribution in [0.3, 0.4) is 0 Å². The number of thiophene rings is 1. The molecule has 2 aromatic rings. The van der Waals surface area contributed by atoms with Crippen LogP contribution in [0.5, 0.6) is 5.75 Å². The number of benzene rings is 1. The normalized spacial score (nSPS) is 10.4. The molecule has 0 saturated heterocycles. The van der Waals surface area contributed by atoms with Crippen molar-refractivity contribution in [2.24, 2.45) is 0 Å². The van der Waals surface area contributed by atoms with Gasteiger partial charge in [0.25, 0.3) is 5.91 Å². The Morgan fingerprint density at radius 3 is 2.89 bits per heavy atom. The Hall–Kier alpha value is -1.53. The van der Waals surface area contributed by atoms with Gasteiger partial charge in [0, 0.05) is 13.6 Å². The van der Waals surface area contributed by atoms with Crippen molar-refractivity contribution in [3.63, 3.8) is 0 Å². The number of halogens is 1. The van der Waals surface area contributed by atoms with E-state index in [1.807, 2.05) is 11.4 Å². The maximum atomic E-state index is 12.2. The molecule has 0 bridgehead atoms. The Kier molecular flexibility index (Phi) is 4.11. The molecule has 0 spiro atoms. The molecule has 1 aromatic heterocycles. The molecule has 0 unspecified atom stereocenters. The van der Waals surface area contributed by atoms with Crippen molar-refractivity contribution in [2.45, 2.75) is 6.54 Å². The lowest BCUT2D eigenvalue weighted by Crippen LogP contribution is -2.26. The Morgan fingerprint density at radius 1 is 1.53 bits per heavy atom. The van der Waals surface area contributed by atoms with Gasteiger partial charge in [0.1, 0.15) is 0 Å². The van der Waals surface area contributed by atoms with E-state index in [9.17, 15) is 9.90 Å². The van der Waals surface area contributed by atoms with Crippen LogP contribution in [0.25, 0.3) is 0 Å². The number of para-hydroxylation sites is 1. The molecule has 19 heavy (non-hydrogen) atoms. The van der Waals surface area contributed by atoms with E-state index < -0.39 is 0 Å². The molecule has 1 aromatic carbocycles. The van der Waals surface area contributed by atoms with Gasteiger partial charge in [-0.25, -0.2) is 0 Å². The summed E-state index contributed by atoms with van der Waals surface area (Å²) in [4.78, 5) is 13.8. The number of anilines is 1. The van der Waals surface area contributed by atoms with Gasteiger partial charge in [0.05, 0.1) is 15.0 Å². The standard InChI is InChI=1S/C13H13BrN2O2S/c1-16(6-8-5-11(14)19-7-8)13(18)9-3-2-4-10(15)12(9)17/h2-5,7,17H,6,15H2,1H3. The van der Waals surface area contributed by atoms with Gasteiger partial charge in [0.2, 0.25) is 0 Å². The molecule has 0 aliphatic heterocycles. The van der Waals surface area contributed by atoms with Crippen molar-refractivity contribution in [1.82, 2.24) is 4.90 Å². The fourth-order valence-electron chi connectivity index (χ4n) is 1.71. The third kappa shape index (κ3) is 3.08. The topological polar surface area (TPSA) is 66.6 Å². The van der Waals surface area contributed by atoms with Crippen molar-refractivity contribution in [2.75, 3.05) is 12.8 Å². The Labute approximate surface area is 123 Å². The van der Waals surface area contributed by atoms with E-state index >= 15 is 0 Å². The van der Waals surface area contributed by atoms with E-state index in [1.54, 1.807) is 41.5 Å². The van der Waals surface area contributed by atoms with Gasteiger partial charge in [-0.1, -0.05) is 6.07 Å². The van der Waals surface area contributed by atoms with Gasteiger partial charge in [-0.2, -0.15) is 0 Å². The average Bonchev–Trinajstić information content (AvgIpc) is 2.77. The second-order valence-corrected chi connectivity index (χ2v) is 6.45. The molecule has 3 N–H and O–H groups in total. The van der Waals surface area contributed by atoms with E-state index in [0.29, 0.717) is 6.54 Å². The van der Waals surface area contributed by atoms with Gasteiger partial charge in [0.15, 0.2) is 5.75 Å². The van der Waals surface area contributed by atoms with Gasteiger partial charge in [-0.05, 0) is 45.1 Å². The number of aromatic hydroxyl groups is 1. The number of amides is 1. The molecular weight excluding hydrogens is 328 g/mol. The predicted molar refractivity (Wildman–Crippen MR) is 80.3 cm³/mol. The molecule has 6 heteroatoms. The van der Waals surface area contributed by atoms with E-state index in [2.05, 4.69) is 15.9 Å². The predicted octanol–water partition coefficient (Wildman–Crippen LogP) is 3.07. The van der Waals surface area contributed by atoms with Gasteiger partial charge in [-0.15, -0.1) is 11.3 Å². The van der Waals surface area contributed by atoms with E-state index in [1.165, 1.54) is 0 Å². The Morgan fingerprint density at radius 2 is 2.26 bits per heavy atom. The SMILES string of the molecule is CN(Cc1csc(Br)c1)C(=O)c1cccc(N)c1O. The molecule has 0 radical (unpaired) electrons. The van der Waals surface area contributed by atoms with Crippen molar-refractivity contribution >= 4 is 38.9 Å². The monoisotopic (exact) mass is 340 g/mol. The van der Waals surface area contributed by atoms with Crippen LogP contribution in [-0.2, 0) is 6.54 Å². The Balaban J connectivity index is 2.17. The fraction of sp³-hybridized carbons (Fsp3) is 0.154. The van der Waals surface area contributed by atoms with Crippen LogP contribution in [-0.4, -0.2) is 23.0 Å². The number of carbonyl (C=O) groups excluding carboxylic acids is 1. The first-order valence-electron chi connectivity index (χ1n) is 5.55. The number of nitrogens with two attached hydrogens (primary N) is 1. The first-order valence-corrected chi connectivity index (χ1v) is 7.22. The van der Waals surface area contributed by atoms with Crippen molar-refractivity contribution < 1.29 is 9.90 Å². The second-order valence-electron chi connectivity index (χ2n) is 4.16. The number of hydrogen-bond acceptors (Lipinski definition) is 4. The van der Waals surface area contributed by atoms with Crippen LogP contribution in [0.2, 0.25) is 0 Å². The number of hydrogen-bond donors (Lipinski definition) is 2. The fourth-order valence-corrected chi connectivity index (χ4v) is 2.91.